The van der Waals surface area contributed by atoms with Crippen LogP contribution in [0.25, 0.3) is 0 Å². The fourth-order valence-corrected chi connectivity index (χ4v) is 2.03. The van der Waals surface area contributed by atoms with E-state index >= 15 is 0 Å². The zero-order valence-electron chi connectivity index (χ0n) is 16.6. The average molecular weight is 355 g/mol. The number of benzene rings is 1. The van der Waals surface area contributed by atoms with Gasteiger partial charge in [-0.25, -0.2) is 0 Å². The van der Waals surface area contributed by atoms with E-state index < -0.39 is 6.29 Å². The maximum Gasteiger partial charge on any atom is 0.181 e. The summed E-state index contributed by atoms with van der Waals surface area (Å²) in [6, 6.07) is 7.29. The zero-order chi connectivity index (χ0) is 18.8. The van der Waals surface area contributed by atoms with Crippen LogP contribution in [0, 0.1) is 0 Å². The number of rotatable bonds is 13. The summed E-state index contributed by atoms with van der Waals surface area (Å²) >= 11 is 0. The third-order valence-corrected chi connectivity index (χ3v) is 3.69. The lowest BCUT2D eigenvalue weighted by atomic mass is 10.2. The van der Waals surface area contributed by atoms with Gasteiger partial charge in [0.1, 0.15) is 5.75 Å². The quantitative estimate of drug-likeness (QED) is 0.375. The number of ether oxygens (including phenoxy) is 3. The van der Waals surface area contributed by atoms with E-state index in [0.29, 0.717) is 6.61 Å². The minimum absolute atomic E-state index is 0.590. The van der Waals surface area contributed by atoms with Gasteiger partial charge in [-0.15, -0.1) is 0 Å². The minimum atomic E-state index is -0.855. The second-order valence-corrected chi connectivity index (χ2v) is 6.03. The SMILES string of the molecule is CCCCCOC(O)c1cccc(OC)c1.CCCCOCCCC. The first-order valence-electron chi connectivity index (χ1n) is 9.70. The van der Waals surface area contributed by atoms with Gasteiger partial charge in [0.15, 0.2) is 6.29 Å². The predicted octanol–water partition coefficient (Wildman–Crippen LogP) is 5.50. The van der Waals surface area contributed by atoms with Gasteiger partial charge < -0.3 is 19.3 Å². The number of aliphatic hydroxyl groups is 1. The van der Waals surface area contributed by atoms with Crippen LogP contribution in [0.5, 0.6) is 5.75 Å². The van der Waals surface area contributed by atoms with Gasteiger partial charge in [0, 0.05) is 18.8 Å². The Kier molecular flexibility index (Phi) is 16.9. The van der Waals surface area contributed by atoms with Crippen molar-refractivity contribution in [3.8, 4) is 5.75 Å². The van der Waals surface area contributed by atoms with E-state index in [0.717, 1.165) is 43.8 Å². The van der Waals surface area contributed by atoms with Gasteiger partial charge in [-0.05, 0) is 31.4 Å². The maximum atomic E-state index is 9.76. The molecule has 146 valence electrons. The van der Waals surface area contributed by atoms with Crippen LogP contribution in [0.2, 0.25) is 0 Å². The molecule has 0 aromatic heterocycles. The highest BCUT2D eigenvalue weighted by molar-refractivity contribution is 5.28. The molecule has 1 rings (SSSR count). The molecule has 0 saturated heterocycles. The Bertz CT molecular complexity index is 389. The lowest BCUT2D eigenvalue weighted by molar-refractivity contribution is -0.103. The molecule has 0 aliphatic carbocycles. The summed E-state index contributed by atoms with van der Waals surface area (Å²) < 4.78 is 15.7. The number of unbranched alkanes of at least 4 members (excludes halogenated alkanes) is 4. The highest BCUT2D eigenvalue weighted by Gasteiger charge is 2.07. The van der Waals surface area contributed by atoms with Gasteiger partial charge in [-0.2, -0.15) is 0 Å². The predicted molar refractivity (Wildman–Crippen MR) is 104 cm³/mol. The van der Waals surface area contributed by atoms with Crippen LogP contribution >= 0.6 is 0 Å². The van der Waals surface area contributed by atoms with Crippen LogP contribution in [0.1, 0.15) is 77.6 Å². The lowest BCUT2D eigenvalue weighted by Gasteiger charge is -2.12. The monoisotopic (exact) mass is 354 g/mol. The van der Waals surface area contributed by atoms with Crippen molar-refractivity contribution in [2.75, 3.05) is 26.9 Å². The zero-order valence-corrected chi connectivity index (χ0v) is 16.6. The van der Waals surface area contributed by atoms with E-state index in [1.165, 1.54) is 25.7 Å². The van der Waals surface area contributed by atoms with E-state index in [4.69, 9.17) is 14.2 Å². The first kappa shape index (κ1) is 23.9. The molecule has 0 spiro atoms. The summed E-state index contributed by atoms with van der Waals surface area (Å²) in [5.74, 6) is 0.730. The Hall–Kier alpha value is -1.10. The van der Waals surface area contributed by atoms with Crippen LogP contribution in [-0.4, -0.2) is 32.0 Å². The van der Waals surface area contributed by atoms with E-state index in [1.54, 1.807) is 13.2 Å². The van der Waals surface area contributed by atoms with Crippen molar-refractivity contribution in [3.05, 3.63) is 29.8 Å². The second-order valence-electron chi connectivity index (χ2n) is 6.03. The van der Waals surface area contributed by atoms with E-state index in [2.05, 4.69) is 20.8 Å². The Balaban J connectivity index is 0.000000547. The van der Waals surface area contributed by atoms with Gasteiger partial charge in [0.05, 0.1) is 13.7 Å². The maximum absolute atomic E-state index is 9.76. The molecular formula is C21H38O4. The third kappa shape index (κ3) is 13.8. The number of aliphatic hydroxyl groups excluding tert-OH is 1. The molecule has 25 heavy (non-hydrogen) atoms. The van der Waals surface area contributed by atoms with Gasteiger partial charge in [0.25, 0.3) is 0 Å². The molecule has 0 saturated carbocycles. The number of hydrogen-bond acceptors (Lipinski definition) is 4. The fraction of sp³-hybridized carbons (Fsp3) is 0.714. The summed E-state index contributed by atoms with van der Waals surface area (Å²) in [4.78, 5) is 0. The normalized spacial score (nSPS) is 11.6. The first-order valence-corrected chi connectivity index (χ1v) is 9.70. The van der Waals surface area contributed by atoms with Crippen molar-refractivity contribution in [1.82, 2.24) is 0 Å². The van der Waals surface area contributed by atoms with E-state index in [1.807, 2.05) is 18.2 Å². The number of hydrogen-bond donors (Lipinski definition) is 1. The molecule has 1 unspecified atom stereocenters. The third-order valence-electron chi connectivity index (χ3n) is 3.69. The minimum Gasteiger partial charge on any atom is -0.497 e. The van der Waals surface area contributed by atoms with Gasteiger partial charge in [0.2, 0.25) is 0 Å². The molecule has 1 atom stereocenters. The molecule has 1 aromatic carbocycles. The standard InChI is InChI=1S/C13H20O3.C8H18O/c1-3-4-5-9-16-13(14)11-7-6-8-12(10-11)15-2;1-3-5-7-9-8-6-4-2/h6-8,10,13-14H,3-5,9H2,1-2H3;3-8H2,1-2H3. The van der Waals surface area contributed by atoms with Gasteiger partial charge in [-0.3, -0.25) is 0 Å². The van der Waals surface area contributed by atoms with Crippen LogP contribution in [0.3, 0.4) is 0 Å². The molecule has 4 nitrogen and oxygen atoms in total. The topological polar surface area (TPSA) is 47.9 Å². The highest BCUT2D eigenvalue weighted by atomic mass is 16.6. The Morgan fingerprint density at radius 3 is 2.08 bits per heavy atom. The Morgan fingerprint density at radius 1 is 0.880 bits per heavy atom. The van der Waals surface area contributed by atoms with Crippen LogP contribution in [-0.2, 0) is 9.47 Å². The van der Waals surface area contributed by atoms with E-state index in [9.17, 15) is 5.11 Å². The fourth-order valence-electron chi connectivity index (χ4n) is 2.03. The van der Waals surface area contributed by atoms with Gasteiger partial charge in [-0.1, -0.05) is 58.6 Å². The van der Waals surface area contributed by atoms with Gasteiger partial charge >= 0.3 is 0 Å². The summed E-state index contributed by atoms with van der Waals surface area (Å²) in [6.45, 7) is 9.00. The first-order chi connectivity index (χ1) is 12.2. The molecule has 4 heteroatoms. The number of methoxy groups -OCH3 is 1. The summed E-state index contributed by atoms with van der Waals surface area (Å²) in [5.41, 5.74) is 0.732. The molecule has 0 heterocycles. The summed E-state index contributed by atoms with van der Waals surface area (Å²) in [5, 5.41) is 9.76. The average Bonchev–Trinajstić information content (AvgIpc) is 2.65. The van der Waals surface area contributed by atoms with Crippen molar-refractivity contribution in [2.24, 2.45) is 0 Å². The molecule has 0 aliphatic heterocycles. The summed E-state index contributed by atoms with van der Waals surface area (Å²) in [6.07, 6.45) is 7.32. The summed E-state index contributed by atoms with van der Waals surface area (Å²) in [7, 11) is 1.60. The molecule has 1 aromatic rings. The molecule has 0 fully saturated rings. The van der Waals surface area contributed by atoms with Crippen molar-refractivity contribution in [2.45, 2.75) is 72.0 Å². The Labute approximate surface area is 154 Å². The molecular weight excluding hydrogens is 316 g/mol. The highest BCUT2D eigenvalue weighted by Crippen LogP contribution is 2.20. The second kappa shape index (κ2) is 17.7. The molecule has 0 aliphatic rings. The van der Waals surface area contributed by atoms with Crippen molar-refractivity contribution < 1.29 is 19.3 Å². The van der Waals surface area contributed by atoms with Crippen LogP contribution in [0.15, 0.2) is 24.3 Å². The molecule has 0 radical (unpaired) electrons. The van der Waals surface area contributed by atoms with Crippen LogP contribution < -0.4 is 4.74 Å². The van der Waals surface area contributed by atoms with Crippen molar-refractivity contribution >= 4 is 0 Å². The molecule has 0 amide bonds. The van der Waals surface area contributed by atoms with Crippen molar-refractivity contribution in [3.63, 3.8) is 0 Å². The molecule has 1 N–H and O–H groups in total. The van der Waals surface area contributed by atoms with Crippen molar-refractivity contribution in [1.29, 1.82) is 0 Å². The smallest absolute Gasteiger partial charge is 0.181 e. The van der Waals surface area contributed by atoms with E-state index in [-0.39, 0.29) is 0 Å². The molecule has 0 bridgehead atoms. The largest absolute Gasteiger partial charge is 0.497 e. The lowest BCUT2D eigenvalue weighted by Crippen LogP contribution is -2.04. The Morgan fingerprint density at radius 2 is 1.52 bits per heavy atom. The van der Waals surface area contributed by atoms with Crippen LogP contribution in [0.4, 0.5) is 0 Å².